The SMILES string of the molecule is CC(=O)c1cc(C(=O)O)n(-c2cccc(Cl)c2F)c1. The molecule has 0 aliphatic heterocycles. The lowest BCUT2D eigenvalue weighted by Gasteiger charge is -2.08. The third kappa shape index (κ3) is 2.37. The molecule has 0 saturated heterocycles. The number of benzene rings is 1. The minimum Gasteiger partial charge on any atom is -0.477 e. The Bertz CT molecular complexity index is 679. The van der Waals surface area contributed by atoms with Gasteiger partial charge in [0.25, 0.3) is 0 Å². The van der Waals surface area contributed by atoms with Crippen LogP contribution in [0.2, 0.25) is 5.02 Å². The Morgan fingerprint density at radius 3 is 2.63 bits per heavy atom. The van der Waals surface area contributed by atoms with Crippen molar-refractivity contribution in [3.8, 4) is 5.69 Å². The number of ketones is 1. The summed E-state index contributed by atoms with van der Waals surface area (Å²) in [6.45, 7) is 1.31. The van der Waals surface area contributed by atoms with Gasteiger partial charge in [-0.2, -0.15) is 0 Å². The highest BCUT2D eigenvalue weighted by Gasteiger charge is 2.18. The van der Waals surface area contributed by atoms with Crippen molar-refractivity contribution in [1.82, 2.24) is 4.57 Å². The molecule has 1 aromatic carbocycles. The Balaban J connectivity index is 2.70. The second-order valence-electron chi connectivity index (χ2n) is 3.92. The Hall–Kier alpha value is -2.14. The molecule has 0 unspecified atom stereocenters. The third-order valence-corrected chi connectivity index (χ3v) is 2.93. The van der Waals surface area contributed by atoms with Crippen molar-refractivity contribution in [2.75, 3.05) is 0 Å². The van der Waals surface area contributed by atoms with Crippen molar-refractivity contribution in [3.63, 3.8) is 0 Å². The van der Waals surface area contributed by atoms with Crippen LogP contribution in [0.15, 0.2) is 30.5 Å². The van der Waals surface area contributed by atoms with Crippen LogP contribution in [-0.4, -0.2) is 21.4 Å². The minimum absolute atomic E-state index is 0.0163. The lowest BCUT2D eigenvalue weighted by molar-refractivity contribution is 0.0688. The first-order valence-corrected chi connectivity index (χ1v) is 5.70. The maximum atomic E-state index is 13.9. The number of carbonyl (C=O) groups excluding carboxylic acids is 1. The highest BCUT2D eigenvalue weighted by molar-refractivity contribution is 6.30. The molecule has 0 aliphatic rings. The minimum atomic E-state index is -1.26. The zero-order valence-electron chi connectivity index (χ0n) is 9.85. The highest BCUT2D eigenvalue weighted by Crippen LogP contribution is 2.24. The monoisotopic (exact) mass is 281 g/mol. The number of Topliss-reactive ketones (excluding diaryl/α,β-unsaturated/α-hetero) is 1. The maximum Gasteiger partial charge on any atom is 0.352 e. The van der Waals surface area contributed by atoms with Crippen LogP contribution in [0.1, 0.15) is 27.8 Å². The summed E-state index contributed by atoms with van der Waals surface area (Å²) < 4.78 is 15.0. The molecule has 0 atom stereocenters. The fraction of sp³-hybridized carbons (Fsp3) is 0.0769. The van der Waals surface area contributed by atoms with Crippen molar-refractivity contribution >= 4 is 23.4 Å². The summed E-state index contributed by atoms with van der Waals surface area (Å²) in [5, 5.41) is 8.98. The van der Waals surface area contributed by atoms with E-state index in [9.17, 15) is 14.0 Å². The smallest absolute Gasteiger partial charge is 0.352 e. The van der Waals surface area contributed by atoms with Gasteiger partial charge in [-0.25, -0.2) is 9.18 Å². The molecule has 0 spiro atoms. The van der Waals surface area contributed by atoms with Gasteiger partial charge in [-0.3, -0.25) is 4.79 Å². The van der Waals surface area contributed by atoms with Crippen LogP contribution in [0.25, 0.3) is 5.69 Å². The summed E-state index contributed by atoms with van der Waals surface area (Å²) >= 11 is 5.66. The van der Waals surface area contributed by atoms with Crippen LogP contribution in [-0.2, 0) is 0 Å². The van der Waals surface area contributed by atoms with Crippen LogP contribution in [0.4, 0.5) is 4.39 Å². The normalized spacial score (nSPS) is 10.5. The molecule has 0 bridgehead atoms. The van der Waals surface area contributed by atoms with Crippen LogP contribution in [0.5, 0.6) is 0 Å². The second-order valence-corrected chi connectivity index (χ2v) is 4.33. The highest BCUT2D eigenvalue weighted by atomic mass is 35.5. The quantitative estimate of drug-likeness (QED) is 0.879. The van der Waals surface area contributed by atoms with Crippen molar-refractivity contribution in [2.24, 2.45) is 0 Å². The van der Waals surface area contributed by atoms with Crippen LogP contribution in [0, 0.1) is 5.82 Å². The Morgan fingerprint density at radius 1 is 1.37 bits per heavy atom. The molecular weight excluding hydrogens is 273 g/mol. The van der Waals surface area contributed by atoms with Gasteiger partial charge in [-0.15, -0.1) is 0 Å². The van der Waals surface area contributed by atoms with E-state index in [2.05, 4.69) is 0 Å². The predicted octanol–water partition coefficient (Wildman–Crippen LogP) is 3.17. The van der Waals surface area contributed by atoms with Gasteiger partial charge in [0.2, 0.25) is 0 Å². The van der Waals surface area contributed by atoms with Gasteiger partial charge < -0.3 is 9.67 Å². The first-order valence-electron chi connectivity index (χ1n) is 5.33. The van der Waals surface area contributed by atoms with Crippen LogP contribution < -0.4 is 0 Å². The average Bonchev–Trinajstić information content (AvgIpc) is 2.77. The summed E-state index contributed by atoms with van der Waals surface area (Å²) in [6.07, 6.45) is 1.28. The van der Waals surface area contributed by atoms with Gasteiger partial charge in [0, 0.05) is 11.8 Å². The van der Waals surface area contributed by atoms with Crippen molar-refractivity contribution in [2.45, 2.75) is 6.92 Å². The molecular formula is C13H9ClFNO3. The third-order valence-electron chi connectivity index (χ3n) is 2.64. The molecule has 19 heavy (non-hydrogen) atoms. The Morgan fingerprint density at radius 2 is 2.05 bits per heavy atom. The lowest BCUT2D eigenvalue weighted by Crippen LogP contribution is -2.07. The molecule has 2 aromatic rings. The van der Waals surface area contributed by atoms with E-state index in [0.717, 1.165) is 4.57 Å². The fourth-order valence-corrected chi connectivity index (χ4v) is 1.87. The largest absolute Gasteiger partial charge is 0.477 e. The van der Waals surface area contributed by atoms with Crippen molar-refractivity contribution in [1.29, 1.82) is 0 Å². The summed E-state index contributed by atoms with van der Waals surface area (Å²) in [7, 11) is 0. The maximum absolute atomic E-state index is 13.9. The summed E-state index contributed by atoms with van der Waals surface area (Å²) in [5.74, 6) is -2.30. The molecule has 1 aromatic heterocycles. The zero-order chi connectivity index (χ0) is 14.2. The first kappa shape index (κ1) is 13.3. The number of aromatic nitrogens is 1. The van der Waals surface area contributed by atoms with E-state index in [1.54, 1.807) is 0 Å². The Kier molecular flexibility index (Phi) is 3.40. The van der Waals surface area contributed by atoms with E-state index < -0.39 is 11.8 Å². The molecule has 98 valence electrons. The van der Waals surface area contributed by atoms with E-state index in [1.807, 2.05) is 0 Å². The summed E-state index contributed by atoms with van der Waals surface area (Å²) in [5.41, 5.74) is -0.0273. The number of carboxylic acid groups (broad SMARTS) is 1. The predicted molar refractivity (Wildman–Crippen MR) is 67.7 cm³/mol. The number of carboxylic acids is 1. The molecule has 4 nitrogen and oxygen atoms in total. The van der Waals surface area contributed by atoms with Crippen LogP contribution in [0.3, 0.4) is 0 Å². The molecule has 0 saturated carbocycles. The zero-order valence-corrected chi connectivity index (χ0v) is 10.6. The van der Waals surface area contributed by atoms with E-state index >= 15 is 0 Å². The fourth-order valence-electron chi connectivity index (χ4n) is 1.70. The van der Waals surface area contributed by atoms with Gasteiger partial charge in [0.15, 0.2) is 11.6 Å². The van der Waals surface area contributed by atoms with Crippen molar-refractivity contribution in [3.05, 3.63) is 52.6 Å². The van der Waals surface area contributed by atoms with Gasteiger partial charge >= 0.3 is 5.97 Å². The Labute approximate surface area is 113 Å². The second kappa shape index (κ2) is 4.85. The molecule has 1 heterocycles. The molecule has 0 amide bonds. The van der Waals surface area contributed by atoms with E-state index in [4.69, 9.17) is 16.7 Å². The number of hydrogen-bond acceptors (Lipinski definition) is 2. The van der Waals surface area contributed by atoms with E-state index in [-0.39, 0.29) is 27.8 Å². The van der Waals surface area contributed by atoms with Crippen molar-refractivity contribution < 1.29 is 19.1 Å². The van der Waals surface area contributed by atoms with Gasteiger partial charge in [0.05, 0.1) is 10.7 Å². The molecule has 1 N–H and O–H groups in total. The van der Waals surface area contributed by atoms with Gasteiger partial charge in [0.1, 0.15) is 5.69 Å². The summed E-state index contributed by atoms with van der Waals surface area (Å²) in [4.78, 5) is 22.4. The number of halogens is 2. The number of hydrogen-bond donors (Lipinski definition) is 1. The number of rotatable bonds is 3. The summed E-state index contributed by atoms with van der Waals surface area (Å²) in [6, 6.07) is 5.44. The molecule has 0 fully saturated rings. The van der Waals surface area contributed by atoms with E-state index in [1.165, 1.54) is 37.4 Å². The molecule has 2 rings (SSSR count). The van der Waals surface area contributed by atoms with E-state index in [0.29, 0.717) is 0 Å². The standard InChI is InChI=1S/C13H9ClFNO3/c1-7(17)8-5-11(13(18)19)16(6-8)10-4-2-3-9(14)12(10)15/h2-6H,1H3,(H,18,19). The molecule has 6 heteroatoms. The lowest BCUT2D eigenvalue weighted by atomic mass is 10.2. The van der Waals surface area contributed by atoms with Gasteiger partial charge in [-0.1, -0.05) is 17.7 Å². The molecule has 0 aliphatic carbocycles. The average molecular weight is 282 g/mol. The number of aromatic carboxylic acids is 1. The van der Waals surface area contributed by atoms with Gasteiger partial charge in [-0.05, 0) is 25.1 Å². The van der Waals surface area contributed by atoms with Crippen LogP contribution >= 0.6 is 11.6 Å². The first-order chi connectivity index (χ1) is 8.91. The number of nitrogens with zero attached hydrogens (tertiary/aromatic N) is 1. The topological polar surface area (TPSA) is 59.3 Å². The number of carbonyl (C=O) groups is 2. The molecule has 0 radical (unpaired) electrons.